The van der Waals surface area contributed by atoms with Crippen LogP contribution < -0.4 is 9.82 Å². The van der Waals surface area contributed by atoms with Crippen LogP contribution in [-0.4, -0.2) is 28.9 Å². The third kappa shape index (κ3) is 2.90. The van der Waals surface area contributed by atoms with Crippen LogP contribution in [0.15, 0.2) is 6.20 Å². The van der Waals surface area contributed by atoms with Gasteiger partial charge in [0.25, 0.3) is 0 Å². The number of aliphatic hydroxyl groups is 1. The maximum Gasteiger partial charge on any atom is 0.511 e. The van der Waals surface area contributed by atoms with E-state index in [0.717, 1.165) is 11.0 Å². The molecule has 1 aromatic rings. The number of hydrogen-bond donors (Lipinski definition) is 2. The summed E-state index contributed by atoms with van der Waals surface area (Å²) in [6.07, 6.45) is 1.16. The molecule has 1 rings (SSSR count). The predicted molar refractivity (Wildman–Crippen MR) is 42.8 cm³/mol. The zero-order valence-electron chi connectivity index (χ0n) is 7.69. The first-order chi connectivity index (χ1) is 7.26. The van der Waals surface area contributed by atoms with Crippen LogP contribution in [0, 0.1) is 0 Å². The smallest absolute Gasteiger partial charge is 0.369 e. The molecule has 0 spiro atoms. The first-order valence-electron chi connectivity index (χ1n) is 3.87. The molecule has 7 nitrogen and oxygen atoms in total. The molecule has 0 aliphatic heterocycles. The van der Waals surface area contributed by atoms with Gasteiger partial charge in [0.1, 0.15) is 0 Å². The van der Waals surface area contributed by atoms with Crippen molar-refractivity contribution in [2.75, 3.05) is 0 Å². The van der Waals surface area contributed by atoms with E-state index in [-0.39, 0.29) is 5.69 Å². The van der Waals surface area contributed by atoms with E-state index in [0.29, 0.717) is 0 Å². The highest BCUT2D eigenvalue weighted by atomic mass is 32.2. The van der Waals surface area contributed by atoms with Crippen LogP contribution in [-0.2, 0) is 23.3 Å². The highest BCUT2D eigenvalue weighted by Gasteiger charge is 2.45. The van der Waals surface area contributed by atoms with Crippen LogP contribution in [0.2, 0.25) is 0 Å². The highest BCUT2D eigenvalue weighted by molar-refractivity contribution is 7.90. The lowest BCUT2D eigenvalue weighted by molar-refractivity contribution is -0.505. The first kappa shape index (κ1) is 12.9. The van der Waals surface area contributed by atoms with E-state index in [2.05, 4.69) is 10.2 Å². The van der Waals surface area contributed by atoms with Gasteiger partial charge in [0.2, 0.25) is 5.69 Å². The van der Waals surface area contributed by atoms with Crippen molar-refractivity contribution in [3.8, 4) is 0 Å². The van der Waals surface area contributed by atoms with Crippen molar-refractivity contribution in [2.24, 2.45) is 0 Å². The number of rotatable bonds is 4. The minimum atomic E-state index is -5.37. The van der Waals surface area contributed by atoms with Gasteiger partial charge < -0.3 is 5.11 Å². The second-order valence-corrected chi connectivity index (χ2v) is 4.43. The number of aromatic nitrogens is 3. The fourth-order valence-corrected chi connectivity index (χ4v) is 1.27. The predicted octanol–water partition coefficient (Wildman–Crippen LogP) is -1.41. The number of alkyl halides is 3. The molecule has 0 saturated carbocycles. The Morgan fingerprint density at radius 3 is 2.62 bits per heavy atom. The lowest BCUT2D eigenvalue weighted by atomic mass is 10.5. The maximum absolute atomic E-state index is 11.9. The van der Waals surface area contributed by atoms with Gasteiger partial charge in [-0.25, -0.2) is 8.42 Å². The second-order valence-electron chi connectivity index (χ2n) is 2.68. The van der Waals surface area contributed by atoms with Crippen LogP contribution in [0.3, 0.4) is 0 Å². The maximum atomic E-state index is 11.9. The van der Waals surface area contributed by atoms with E-state index in [1.807, 2.05) is 0 Å². The SMILES string of the molecule is O=S(=O)(NCc1c[nH+]n(CO)n1)C(F)(F)F. The monoisotopic (exact) mass is 261 g/mol. The molecular formula is C5H8F3N4O3S+. The van der Waals surface area contributed by atoms with Gasteiger partial charge in [-0.15, -0.1) is 0 Å². The molecule has 1 heterocycles. The molecule has 0 amide bonds. The van der Waals surface area contributed by atoms with Crippen molar-refractivity contribution in [3.05, 3.63) is 11.9 Å². The van der Waals surface area contributed by atoms with E-state index in [4.69, 9.17) is 5.11 Å². The van der Waals surface area contributed by atoms with Crippen molar-refractivity contribution in [1.82, 2.24) is 14.6 Å². The minimum Gasteiger partial charge on any atom is -0.369 e. The molecule has 0 bridgehead atoms. The summed E-state index contributed by atoms with van der Waals surface area (Å²) in [7, 11) is -5.37. The highest BCUT2D eigenvalue weighted by Crippen LogP contribution is 2.21. The summed E-state index contributed by atoms with van der Waals surface area (Å²) in [4.78, 5) is 0.914. The molecule has 0 aliphatic carbocycles. The van der Waals surface area contributed by atoms with Crippen LogP contribution in [0.25, 0.3) is 0 Å². The van der Waals surface area contributed by atoms with Crippen LogP contribution in [0.4, 0.5) is 13.2 Å². The summed E-state index contributed by atoms with van der Waals surface area (Å²) in [6.45, 7) is -1.11. The zero-order valence-corrected chi connectivity index (χ0v) is 8.51. The second kappa shape index (κ2) is 4.35. The van der Waals surface area contributed by atoms with E-state index in [9.17, 15) is 21.6 Å². The largest absolute Gasteiger partial charge is 0.511 e. The molecule has 92 valence electrons. The average molecular weight is 261 g/mol. The molecule has 0 saturated heterocycles. The third-order valence-electron chi connectivity index (χ3n) is 1.51. The Bertz CT molecular complexity index is 454. The Morgan fingerprint density at radius 1 is 1.56 bits per heavy atom. The Labute approximate surface area is 87.9 Å². The fraction of sp³-hybridized carbons (Fsp3) is 0.600. The van der Waals surface area contributed by atoms with Crippen LogP contribution in [0.1, 0.15) is 5.69 Å². The third-order valence-corrected chi connectivity index (χ3v) is 2.65. The molecule has 0 radical (unpaired) electrons. The Balaban J connectivity index is 2.65. The lowest BCUT2D eigenvalue weighted by Gasteiger charge is -2.06. The molecule has 0 fully saturated rings. The van der Waals surface area contributed by atoms with Crippen LogP contribution in [0.5, 0.6) is 0 Å². The van der Waals surface area contributed by atoms with Gasteiger partial charge >= 0.3 is 15.5 Å². The van der Waals surface area contributed by atoms with Gasteiger partial charge in [-0.05, 0) is 4.80 Å². The van der Waals surface area contributed by atoms with E-state index < -0.39 is 28.8 Å². The molecule has 0 atom stereocenters. The molecule has 3 N–H and O–H groups in total. The van der Waals surface area contributed by atoms with Gasteiger partial charge in [-0.2, -0.15) is 23.0 Å². The number of halogens is 3. The standard InChI is InChI=1S/C5H7F3N4O3S/c6-5(7,8)16(14,15)10-2-4-1-9-12(3-13)11-4/h1,10,13H,2-3H2/p+1. The Kier molecular flexibility index (Phi) is 3.50. The molecule has 0 aliphatic rings. The number of H-pyrrole nitrogens is 1. The summed E-state index contributed by atoms with van der Waals surface area (Å²) in [5.41, 5.74) is -5.34. The molecule has 11 heteroatoms. The zero-order chi connectivity index (χ0) is 12.4. The minimum absolute atomic E-state index is 0.0156. The van der Waals surface area contributed by atoms with E-state index >= 15 is 0 Å². The Morgan fingerprint density at radius 2 is 2.19 bits per heavy atom. The molecule has 1 aromatic heterocycles. The summed E-state index contributed by atoms with van der Waals surface area (Å²) < 4.78 is 58.1. The molecule has 0 aromatic carbocycles. The fourth-order valence-electron chi connectivity index (χ4n) is 0.771. The van der Waals surface area contributed by atoms with Gasteiger partial charge in [0, 0.05) is 5.10 Å². The van der Waals surface area contributed by atoms with Crippen molar-refractivity contribution >= 4 is 10.0 Å². The number of aromatic amines is 1. The van der Waals surface area contributed by atoms with Crippen LogP contribution >= 0.6 is 0 Å². The quantitative estimate of drug-likeness (QED) is 0.695. The van der Waals surface area contributed by atoms with Crippen molar-refractivity contribution in [3.63, 3.8) is 0 Å². The molecule has 0 unspecified atom stereocenters. The van der Waals surface area contributed by atoms with Crippen molar-refractivity contribution in [1.29, 1.82) is 0 Å². The summed E-state index contributed by atoms with van der Waals surface area (Å²) >= 11 is 0. The number of nitrogens with one attached hydrogen (secondary N) is 2. The number of aliphatic hydroxyl groups excluding tert-OH is 1. The summed E-state index contributed by atoms with van der Waals surface area (Å²) in [5, 5.41) is 14.5. The summed E-state index contributed by atoms with van der Waals surface area (Å²) in [5.74, 6) is 0. The topological polar surface area (TPSA) is 98.4 Å². The average Bonchev–Trinajstić information content (AvgIpc) is 2.60. The van der Waals surface area contributed by atoms with Crippen molar-refractivity contribution in [2.45, 2.75) is 18.8 Å². The number of hydrogen-bond acceptors (Lipinski definition) is 4. The van der Waals surface area contributed by atoms with Gasteiger partial charge in [0.15, 0.2) is 12.9 Å². The normalized spacial score (nSPS) is 13.0. The number of nitrogens with zero attached hydrogens (tertiary/aromatic N) is 2. The van der Waals surface area contributed by atoms with E-state index in [1.54, 1.807) is 0 Å². The van der Waals surface area contributed by atoms with Gasteiger partial charge in [0.05, 0.1) is 6.54 Å². The molecular weight excluding hydrogens is 253 g/mol. The summed E-state index contributed by atoms with van der Waals surface area (Å²) in [6, 6.07) is 0. The first-order valence-corrected chi connectivity index (χ1v) is 5.36. The Hall–Kier alpha value is -1.20. The van der Waals surface area contributed by atoms with Gasteiger partial charge in [-0.3, -0.25) is 0 Å². The molecule has 16 heavy (non-hydrogen) atoms. The lowest BCUT2D eigenvalue weighted by Crippen LogP contribution is -2.36. The van der Waals surface area contributed by atoms with Crippen molar-refractivity contribution < 1.29 is 31.8 Å². The number of sulfonamides is 1. The van der Waals surface area contributed by atoms with Gasteiger partial charge in [-0.1, -0.05) is 0 Å². The van der Waals surface area contributed by atoms with E-state index in [1.165, 1.54) is 4.72 Å².